The van der Waals surface area contributed by atoms with E-state index in [-0.39, 0.29) is 23.6 Å². The molecular weight excluding hydrogens is 284 g/mol. The molecule has 3 aliphatic rings. The van der Waals surface area contributed by atoms with Crippen LogP contribution < -0.4 is 10.6 Å². The van der Waals surface area contributed by atoms with Crippen LogP contribution in [-0.2, 0) is 19.2 Å². The summed E-state index contributed by atoms with van der Waals surface area (Å²) in [5, 5.41) is 4.06. The Morgan fingerprint density at radius 3 is 0.955 bits per heavy atom. The normalized spacial score (nSPS) is 19.1. The largest absolute Gasteiger partial charge is 0.289 e. The van der Waals surface area contributed by atoms with E-state index in [1.54, 1.807) is 0 Å². The number of allylic oxidation sites excluding steroid dienone is 2. The van der Waals surface area contributed by atoms with E-state index in [9.17, 15) is 19.2 Å². The van der Waals surface area contributed by atoms with Crippen LogP contribution in [0.3, 0.4) is 0 Å². The van der Waals surface area contributed by atoms with Crippen LogP contribution in [0.1, 0.15) is 25.7 Å². The Bertz CT molecular complexity index is 489. The molecule has 2 N–H and O–H groups in total. The Kier molecular flexibility index (Phi) is 6.69. The molecule has 0 bridgehead atoms. The minimum Gasteiger partial charge on any atom is -0.289 e. The maximum atomic E-state index is 10.0. The first kappa shape index (κ1) is 17.3. The van der Waals surface area contributed by atoms with Crippen LogP contribution in [0.5, 0.6) is 0 Å². The van der Waals surface area contributed by atoms with Crippen molar-refractivity contribution in [1.82, 2.24) is 10.6 Å². The number of imide groups is 2. The summed E-state index contributed by atoms with van der Waals surface area (Å²) < 4.78 is 0. The average molecular weight is 302 g/mol. The quantitative estimate of drug-likeness (QED) is 0.517. The minimum absolute atomic E-state index is 0.329. The zero-order valence-corrected chi connectivity index (χ0v) is 12.2. The van der Waals surface area contributed by atoms with Crippen molar-refractivity contribution in [3.05, 3.63) is 48.6 Å². The Hall–Kier alpha value is -2.76. The second kappa shape index (κ2) is 8.51. The predicted octanol–water partition coefficient (Wildman–Crippen LogP) is 1.07. The van der Waals surface area contributed by atoms with Crippen LogP contribution in [0.2, 0.25) is 0 Å². The van der Waals surface area contributed by atoms with E-state index in [0.29, 0.717) is 0 Å². The zero-order valence-electron chi connectivity index (χ0n) is 12.2. The molecule has 0 radical (unpaired) electrons. The molecule has 4 amide bonds. The molecule has 1 fully saturated rings. The van der Waals surface area contributed by atoms with Crippen LogP contribution in [0.25, 0.3) is 0 Å². The van der Waals surface area contributed by atoms with Crippen molar-refractivity contribution < 1.29 is 19.2 Å². The highest BCUT2D eigenvalue weighted by atomic mass is 16.2. The van der Waals surface area contributed by atoms with Gasteiger partial charge in [-0.15, -0.1) is 0 Å². The number of nitrogens with one attached hydrogen (secondary N) is 2. The molecule has 0 saturated heterocycles. The van der Waals surface area contributed by atoms with E-state index in [2.05, 4.69) is 13.2 Å². The van der Waals surface area contributed by atoms with Gasteiger partial charge in [-0.2, -0.15) is 0 Å². The first-order valence-electron chi connectivity index (χ1n) is 6.76. The van der Waals surface area contributed by atoms with Gasteiger partial charge in [0.15, 0.2) is 0 Å². The number of rotatable bonds is 0. The number of carbonyl (C=O) groups is 4. The maximum Gasteiger partial charge on any atom is 0.250 e. The maximum absolute atomic E-state index is 10.0. The van der Waals surface area contributed by atoms with Crippen molar-refractivity contribution in [3.8, 4) is 0 Å². The van der Waals surface area contributed by atoms with Gasteiger partial charge in [0.2, 0.25) is 0 Å². The smallest absolute Gasteiger partial charge is 0.250 e. The molecule has 0 spiro atoms. The summed E-state index contributed by atoms with van der Waals surface area (Å²) >= 11 is 0. The molecule has 2 aliphatic heterocycles. The summed E-state index contributed by atoms with van der Waals surface area (Å²) in [6, 6.07) is 0. The lowest BCUT2D eigenvalue weighted by atomic mass is 9.93. The summed E-state index contributed by atoms with van der Waals surface area (Å²) in [6.07, 6.45) is 9.50. The fourth-order valence-corrected chi connectivity index (χ4v) is 1.67. The van der Waals surface area contributed by atoms with Gasteiger partial charge < -0.3 is 0 Å². The van der Waals surface area contributed by atoms with Crippen molar-refractivity contribution >= 4 is 23.6 Å². The fraction of sp³-hybridized carbons (Fsp3) is 0.250. The van der Waals surface area contributed by atoms with Crippen LogP contribution in [0, 0.1) is 0 Å². The SMILES string of the molecule is C=C1CCC(=C)CC1.O=C1C=CC(=O)N1.O=C1C=CC(=O)N1. The van der Waals surface area contributed by atoms with Gasteiger partial charge in [-0.1, -0.05) is 24.3 Å². The lowest BCUT2D eigenvalue weighted by molar-refractivity contribution is -0.125. The van der Waals surface area contributed by atoms with E-state index >= 15 is 0 Å². The third kappa shape index (κ3) is 7.14. The molecule has 3 rings (SSSR count). The van der Waals surface area contributed by atoms with E-state index < -0.39 is 0 Å². The third-order valence-corrected chi connectivity index (χ3v) is 2.93. The number of amides is 4. The predicted molar refractivity (Wildman–Crippen MR) is 81.3 cm³/mol. The molecule has 0 aromatic rings. The molecule has 2 heterocycles. The van der Waals surface area contributed by atoms with Gasteiger partial charge in [-0.25, -0.2) is 0 Å². The van der Waals surface area contributed by atoms with E-state index in [0.717, 1.165) is 0 Å². The molecule has 6 nitrogen and oxygen atoms in total. The highest BCUT2D eigenvalue weighted by Crippen LogP contribution is 2.24. The first-order valence-corrected chi connectivity index (χ1v) is 6.76. The summed E-state index contributed by atoms with van der Waals surface area (Å²) in [5.41, 5.74) is 2.80. The van der Waals surface area contributed by atoms with E-state index in [1.807, 2.05) is 10.6 Å². The average Bonchev–Trinajstić information content (AvgIpc) is 3.02. The topological polar surface area (TPSA) is 92.3 Å². The van der Waals surface area contributed by atoms with Crippen molar-refractivity contribution in [3.63, 3.8) is 0 Å². The van der Waals surface area contributed by atoms with E-state index in [4.69, 9.17) is 0 Å². The molecule has 0 aromatic heterocycles. The molecule has 0 aromatic carbocycles. The summed E-state index contributed by atoms with van der Waals surface area (Å²) in [6.45, 7) is 7.82. The van der Waals surface area contributed by atoms with Crippen LogP contribution in [0.15, 0.2) is 48.6 Å². The van der Waals surface area contributed by atoms with Crippen molar-refractivity contribution in [2.75, 3.05) is 0 Å². The minimum atomic E-state index is -0.329. The monoisotopic (exact) mass is 302 g/mol. The summed E-state index contributed by atoms with van der Waals surface area (Å²) in [4.78, 5) is 40.1. The highest BCUT2D eigenvalue weighted by molar-refractivity contribution is 6.13. The van der Waals surface area contributed by atoms with Gasteiger partial charge in [0.1, 0.15) is 0 Å². The number of hydrogen-bond acceptors (Lipinski definition) is 4. The lowest BCUT2D eigenvalue weighted by Gasteiger charge is -2.13. The van der Waals surface area contributed by atoms with Gasteiger partial charge in [-0.3, -0.25) is 29.8 Å². The Labute approximate surface area is 128 Å². The molecule has 116 valence electrons. The van der Waals surface area contributed by atoms with Gasteiger partial charge >= 0.3 is 0 Å². The first-order chi connectivity index (χ1) is 10.4. The molecule has 1 aliphatic carbocycles. The van der Waals surface area contributed by atoms with Crippen LogP contribution in [0.4, 0.5) is 0 Å². The third-order valence-electron chi connectivity index (χ3n) is 2.93. The Morgan fingerprint density at radius 2 is 0.818 bits per heavy atom. The number of hydrogen-bond donors (Lipinski definition) is 2. The van der Waals surface area contributed by atoms with Gasteiger partial charge in [-0.05, 0) is 25.7 Å². The van der Waals surface area contributed by atoms with Crippen LogP contribution >= 0.6 is 0 Å². The summed E-state index contributed by atoms with van der Waals surface area (Å²) in [7, 11) is 0. The molecule has 0 unspecified atom stereocenters. The second-order valence-electron chi connectivity index (χ2n) is 4.87. The second-order valence-corrected chi connectivity index (χ2v) is 4.87. The molecular formula is C16H18N2O4. The molecule has 1 saturated carbocycles. The summed E-state index contributed by atoms with van der Waals surface area (Å²) in [5.74, 6) is -1.31. The van der Waals surface area contributed by atoms with Crippen LogP contribution in [-0.4, -0.2) is 23.6 Å². The Morgan fingerprint density at radius 1 is 0.591 bits per heavy atom. The molecule has 6 heteroatoms. The van der Waals surface area contributed by atoms with Gasteiger partial charge in [0.25, 0.3) is 23.6 Å². The van der Waals surface area contributed by atoms with E-state index in [1.165, 1.54) is 61.1 Å². The Balaban J connectivity index is 0.000000166. The fourth-order valence-electron chi connectivity index (χ4n) is 1.67. The lowest BCUT2D eigenvalue weighted by Crippen LogP contribution is -2.19. The molecule has 0 atom stereocenters. The van der Waals surface area contributed by atoms with Crippen molar-refractivity contribution in [1.29, 1.82) is 0 Å². The zero-order chi connectivity index (χ0) is 16.5. The molecule has 22 heavy (non-hydrogen) atoms. The standard InChI is InChI=1S/C8H12.2C4H3NO2/c1-7-3-5-8(2)6-4-7;2*6-3-1-2-4(7)5-3/h1-6H2;2*1-2H,(H,5,6,7). The highest BCUT2D eigenvalue weighted by Gasteiger charge is 2.07. The van der Waals surface area contributed by atoms with Crippen molar-refractivity contribution in [2.45, 2.75) is 25.7 Å². The number of carbonyl (C=O) groups excluding carboxylic acids is 4. The van der Waals surface area contributed by atoms with Gasteiger partial charge in [0, 0.05) is 24.3 Å². The van der Waals surface area contributed by atoms with Crippen molar-refractivity contribution in [2.24, 2.45) is 0 Å². The van der Waals surface area contributed by atoms with Gasteiger partial charge in [0.05, 0.1) is 0 Å².